The lowest BCUT2D eigenvalue weighted by Gasteiger charge is -2.09. The van der Waals surface area contributed by atoms with Gasteiger partial charge in [0.2, 0.25) is 0 Å². The van der Waals surface area contributed by atoms with Crippen LogP contribution in [0.3, 0.4) is 0 Å². The van der Waals surface area contributed by atoms with Crippen molar-refractivity contribution in [2.24, 2.45) is 0 Å². The second-order valence-electron chi connectivity index (χ2n) is 3.64. The van der Waals surface area contributed by atoms with Crippen molar-refractivity contribution in [2.75, 3.05) is 0 Å². The summed E-state index contributed by atoms with van der Waals surface area (Å²) < 4.78 is 5.66. The first-order valence-electron chi connectivity index (χ1n) is 5.35. The molecule has 2 aromatic rings. The average molecular weight is 249 g/mol. The standard InChI is InChI=1S/C13H13ClN2O/c1-10-5-6-13(12(8-14)16-10)17-9-11-4-2-3-7-15-11/h2-7H,8-9H2,1H3. The van der Waals surface area contributed by atoms with Gasteiger partial charge in [0.05, 0.1) is 17.3 Å². The second-order valence-corrected chi connectivity index (χ2v) is 3.91. The lowest BCUT2D eigenvalue weighted by atomic mass is 10.3. The Bertz CT molecular complexity index is 488. The Morgan fingerprint density at radius 1 is 1.24 bits per heavy atom. The summed E-state index contributed by atoms with van der Waals surface area (Å²) in [4.78, 5) is 8.52. The maximum absolute atomic E-state index is 5.83. The van der Waals surface area contributed by atoms with Crippen LogP contribution in [-0.2, 0) is 12.5 Å². The minimum Gasteiger partial charge on any atom is -0.485 e. The molecule has 4 heteroatoms. The van der Waals surface area contributed by atoms with Gasteiger partial charge in [-0.1, -0.05) is 6.07 Å². The average Bonchev–Trinajstić information content (AvgIpc) is 2.38. The molecule has 17 heavy (non-hydrogen) atoms. The van der Waals surface area contributed by atoms with Crippen molar-refractivity contribution in [3.63, 3.8) is 0 Å². The molecule has 0 N–H and O–H groups in total. The monoisotopic (exact) mass is 248 g/mol. The number of ether oxygens (including phenoxy) is 1. The van der Waals surface area contributed by atoms with Crippen LogP contribution in [0.1, 0.15) is 17.1 Å². The molecule has 0 amide bonds. The normalized spacial score (nSPS) is 10.2. The topological polar surface area (TPSA) is 35.0 Å². The number of halogens is 1. The van der Waals surface area contributed by atoms with E-state index in [1.165, 1.54) is 0 Å². The summed E-state index contributed by atoms with van der Waals surface area (Å²) in [5, 5.41) is 0. The van der Waals surface area contributed by atoms with Gasteiger partial charge in [-0.3, -0.25) is 9.97 Å². The lowest BCUT2D eigenvalue weighted by molar-refractivity contribution is 0.297. The van der Waals surface area contributed by atoms with E-state index in [4.69, 9.17) is 16.3 Å². The highest BCUT2D eigenvalue weighted by Gasteiger charge is 2.05. The highest BCUT2D eigenvalue weighted by atomic mass is 35.5. The second kappa shape index (κ2) is 5.64. The smallest absolute Gasteiger partial charge is 0.142 e. The summed E-state index contributed by atoms with van der Waals surface area (Å²) in [6.07, 6.45) is 1.74. The molecule has 2 heterocycles. The lowest BCUT2D eigenvalue weighted by Crippen LogP contribution is -2.01. The number of nitrogens with zero attached hydrogens (tertiary/aromatic N) is 2. The van der Waals surface area contributed by atoms with E-state index >= 15 is 0 Å². The third kappa shape index (κ3) is 3.17. The molecule has 0 saturated heterocycles. The van der Waals surface area contributed by atoms with Crippen LogP contribution in [0, 0.1) is 6.92 Å². The van der Waals surface area contributed by atoms with Gasteiger partial charge in [-0.05, 0) is 31.2 Å². The zero-order valence-electron chi connectivity index (χ0n) is 9.56. The van der Waals surface area contributed by atoms with Gasteiger partial charge in [-0.2, -0.15) is 0 Å². The van der Waals surface area contributed by atoms with Gasteiger partial charge in [0.1, 0.15) is 12.4 Å². The predicted octanol–water partition coefficient (Wildman–Crippen LogP) is 3.10. The fraction of sp³-hybridized carbons (Fsp3) is 0.231. The Labute approximate surface area is 105 Å². The molecule has 0 radical (unpaired) electrons. The molecule has 0 aliphatic carbocycles. The van der Waals surface area contributed by atoms with Crippen LogP contribution in [0.5, 0.6) is 5.75 Å². The van der Waals surface area contributed by atoms with E-state index in [1.807, 2.05) is 37.3 Å². The van der Waals surface area contributed by atoms with E-state index in [2.05, 4.69) is 9.97 Å². The van der Waals surface area contributed by atoms with Gasteiger partial charge in [0.15, 0.2) is 0 Å². The van der Waals surface area contributed by atoms with Crippen LogP contribution >= 0.6 is 11.6 Å². The van der Waals surface area contributed by atoms with Crippen molar-refractivity contribution in [2.45, 2.75) is 19.4 Å². The van der Waals surface area contributed by atoms with Crippen LogP contribution < -0.4 is 4.74 Å². The van der Waals surface area contributed by atoms with E-state index in [9.17, 15) is 0 Å². The number of alkyl halides is 1. The van der Waals surface area contributed by atoms with Crippen LogP contribution in [0.4, 0.5) is 0 Å². The molecule has 2 aromatic heterocycles. The van der Waals surface area contributed by atoms with Gasteiger partial charge >= 0.3 is 0 Å². The minimum atomic E-state index is 0.346. The molecule has 0 aliphatic heterocycles. The molecule has 3 nitrogen and oxygen atoms in total. The molecule has 88 valence electrons. The van der Waals surface area contributed by atoms with Crippen LogP contribution in [0.15, 0.2) is 36.5 Å². The quantitative estimate of drug-likeness (QED) is 0.780. The highest BCUT2D eigenvalue weighted by molar-refractivity contribution is 6.17. The summed E-state index contributed by atoms with van der Waals surface area (Å²) in [5.74, 6) is 1.07. The first-order valence-corrected chi connectivity index (χ1v) is 5.88. The van der Waals surface area contributed by atoms with Crippen molar-refractivity contribution >= 4 is 11.6 Å². The summed E-state index contributed by atoms with van der Waals surface area (Å²) in [5.41, 5.74) is 2.59. The Hall–Kier alpha value is -1.61. The molecule has 0 saturated carbocycles. The summed E-state index contributed by atoms with van der Waals surface area (Å²) in [6.45, 7) is 2.36. The SMILES string of the molecule is Cc1ccc(OCc2ccccn2)c(CCl)n1. The largest absolute Gasteiger partial charge is 0.485 e. The fourth-order valence-electron chi connectivity index (χ4n) is 1.46. The highest BCUT2D eigenvalue weighted by Crippen LogP contribution is 2.19. The Balaban J connectivity index is 2.09. The van der Waals surface area contributed by atoms with Gasteiger partial charge in [-0.25, -0.2) is 0 Å². The predicted molar refractivity (Wildman–Crippen MR) is 67.1 cm³/mol. The molecule has 0 aliphatic rings. The van der Waals surface area contributed by atoms with Gasteiger partial charge in [0.25, 0.3) is 0 Å². The van der Waals surface area contributed by atoms with Crippen LogP contribution in [0.25, 0.3) is 0 Å². The molecule has 0 bridgehead atoms. The van der Waals surface area contributed by atoms with Crippen molar-refractivity contribution in [3.05, 3.63) is 53.6 Å². The number of hydrogen-bond acceptors (Lipinski definition) is 3. The van der Waals surface area contributed by atoms with Gasteiger partial charge < -0.3 is 4.74 Å². The Morgan fingerprint density at radius 3 is 2.82 bits per heavy atom. The van der Waals surface area contributed by atoms with E-state index in [-0.39, 0.29) is 0 Å². The number of rotatable bonds is 4. The Kier molecular flexibility index (Phi) is 3.94. The first kappa shape index (κ1) is 11.9. The fourth-order valence-corrected chi connectivity index (χ4v) is 1.65. The summed E-state index contributed by atoms with van der Waals surface area (Å²) in [6, 6.07) is 9.53. The molecular weight excluding hydrogens is 236 g/mol. The third-order valence-corrected chi connectivity index (χ3v) is 2.55. The molecule has 0 fully saturated rings. The molecule has 0 aromatic carbocycles. The third-order valence-electron chi connectivity index (χ3n) is 2.30. The number of aromatic nitrogens is 2. The zero-order valence-corrected chi connectivity index (χ0v) is 10.3. The van der Waals surface area contributed by atoms with Gasteiger partial charge in [0, 0.05) is 11.9 Å². The maximum Gasteiger partial charge on any atom is 0.142 e. The number of pyridine rings is 2. The van der Waals surface area contributed by atoms with Crippen molar-refractivity contribution in [3.8, 4) is 5.75 Å². The van der Waals surface area contributed by atoms with Crippen LogP contribution in [0.2, 0.25) is 0 Å². The molecule has 0 unspecified atom stereocenters. The zero-order chi connectivity index (χ0) is 12.1. The van der Waals surface area contributed by atoms with Crippen LogP contribution in [-0.4, -0.2) is 9.97 Å². The minimum absolute atomic E-state index is 0.346. The Morgan fingerprint density at radius 2 is 2.12 bits per heavy atom. The number of aryl methyl sites for hydroxylation is 1. The van der Waals surface area contributed by atoms with Gasteiger partial charge in [-0.15, -0.1) is 11.6 Å². The molecular formula is C13H13ClN2O. The summed E-state index contributed by atoms with van der Waals surface area (Å²) >= 11 is 5.83. The molecule has 2 rings (SSSR count). The molecule has 0 spiro atoms. The van der Waals surface area contributed by atoms with Crippen molar-refractivity contribution < 1.29 is 4.74 Å². The van der Waals surface area contributed by atoms with Crippen molar-refractivity contribution in [1.82, 2.24) is 9.97 Å². The first-order chi connectivity index (χ1) is 8.29. The summed E-state index contributed by atoms with van der Waals surface area (Å²) in [7, 11) is 0. The number of hydrogen-bond donors (Lipinski definition) is 0. The van der Waals surface area contributed by atoms with E-state index in [1.54, 1.807) is 6.20 Å². The maximum atomic E-state index is 5.83. The molecule has 0 atom stereocenters. The van der Waals surface area contributed by atoms with E-state index < -0.39 is 0 Å². The van der Waals surface area contributed by atoms with E-state index in [0.29, 0.717) is 12.5 Å². The van der Waals surface area contributed by atoms with Crippen molar-refractivity contribution in [1.29, 1.82) is 0 Å². The van der Waals surface area contributed by atoms with E-state index in [0.717, 1.165) is 22.8 Å².